The number of ketones is 1. The Morgan fingerprint density at radius 3 is 2.17 bits per heavy atom. The summed E-state index contributed by atoms with van der Waals surface area (Å²) in [6.07, 6.45) is 0. The molecule has 2 aromatic carbocycles. The van der Waals surface area contributed by atoms with E-state index in [1.165, 1.54) is 12.1 Å². The van der Waals surface area contributed by atoms with Gasteiger partial charge in [-0.1, -0.05) is 0 Å². The second kappa shape index (κ2) is 7.86. The van der Waals surface area contributed by atoms with Gasteiger partial charge < -0.3 is 29.9 Å². The minimum Gasteiger partial charge on any atom is -0.506 e. The normalized spacial score (nSPS) is 23.6. The first kappa shape index (κ1) is 23.1. The molecule has 12 heteroatoms. The Morgan fingerprint density at radius 2 is 1.62 bits per heavy atom. The molecule has 0 radical (unpaired) electrons. The van der Waals surface area contributed by atoms with Crippen LogP contribution in [0.2, 0.25) is 0 Å². The molecule has 0 aromatic heterocycles. The van der Waals surface area contributed by atoms with Crippen molar-refractivity contribution in [3.05, 3.63) is 36.7 Å². The molecule has 7 nitrogen and oxygen atoms in total. The summed E-state index contributed by atoms with van der Waals surface area (Å²) >= 11 is 16.1. The molecule has 0 amide bonds. The number of rotatable bonds is 3. The number of carbonyl (C=O) groups excluding carboxylic acids is 1. The van der Waals surface area contributed by atoms with E-state index in [9.17, 15) is 25.2 Å². The van der Waals surface area contributed by atoms with Gasteiger partial charge in [0.25, 0.3) is 0 Å². The average Bonchev–Trinajstić information content (AvgIpc) is 2.67. The van der Waals surface area contributed by atoms with Crippen molar-refractivity contribution in [3.8, 4) is 28.7 Å². The van der Waals surface area contributed by atoms with Gasteiger partial charge in [-0.05, 0) is 98.7 Å². The largest absolute Gasteiger partial charge is 0.506 e. The van der Waals surface area contributed by atoms with Crippen molar-refractivity contribution < 1.29 is 34.7 Å². The highest BCUT2D eigenvalue weighted by Gasteiger charge is 2.63. The molecule has 0 saturated heterocycles. The van der Waals surface area contributed by atoms with E-state index in [1.807, 2.05) is 0 Å². The second-order valence-electron chi connectivity index (χ2n) is 5.91. The van der Waals surface area contributed by atoms with E-state index in [4.69, 9.17) is 9.47 Å². The number of Topliss-reactive ketones (excluding diaryl/α,β-unsaturated/α-hetero) is 1. The number of halogens is 5. The molecule has 0 aliphatic carbocycles. The molecule has 0 spiro atoms. The van der Waals surface area contributed by atoms with E-state index in [0.717, 1.165) is 0 Å². The highest BCUT2D eigenvalue weighted by molar-refractivity contribution is 9.13. The lowest BCUT2D eigenvalue weighted by Crippen LogP contribution is -2.57. The van der Waals surface area contributed by atoms with Gasteiger partial charge in [-0.15, -0.1) is 0 Å². The summed E-state index contributed by atoms with van der Waals surface area (Å²) in [5, 5.41) is 40.7. The van der Waals surface area contributed by atoms with Crippen LogP contribution in [0, 0.1) is 0 Å². The SMILES string of the molecule is CCOC1(Br)C(=O)c2c(O)c(Br)c(O)c(Br)c2OC1(Br)c1cc(O)c(O)c(Br)c1. The molecule has 2 aromatic rings. The van der Waals surface area contributed by atoms with Gasteiger partial charge in [-0.2, -0.15) is 0 Å². The predicted octanol–water partition coefficient (Wildman–Crippen LogP) is 5.75. The van der Waals surface area contributed by atoms with E-state index in [0.29, 0.717) is 0 Å². The number of carbonyl (C=O) groups is 1. The number of alkyl halides is 2. The fourth-order valence-corrected chi connectivity index (χ4v) is 5.85. The minimum absolute atomic E-state index is 0.0162. The Kier molecular flexibility index (Phi) is 6.28. The maximum Gasteiger partial charge on any atom is 0.240 e. The molecule has 0 fully saturated rings. The lowest BCUT2D eigenvalue weighted by Gasteiger charge is -2.45. The zero-order valence-corrected chi connectivity index (χ0v) is 22.2. The van der Waals surface area contributed by atoms with Crippen LogP contribution in [0.15, 0.2) is 25.6 Å². The highest BCUT2D eigenvalue weighted by atomic mass is 79.9. The lowest BCUT2D eigenvalue weighted by molar-refractivity contribution is -0.0483. The average molecular weight is 727 g/mol. The van der Waals surface area contributed by atoms with E-state index in [1.54, 1.807) is 6.92 Å². The van der Waals surface area contributed by atoms with Gasteiger partial charge in [-0.25, -0.2) is 0 Å². The molecule has 1 heterocycles. The molecular weight excluding hydrogens is 716 g/mol. The van der Waals surface area contributed by atoms with Crippen molar-refractivity contribution in [2.24, 2.45) is 0 Å². The van der Waals surface area contributed by atoms with Crippen LogP contribution in [0.25, 0.3) is 0 Å². The van der Waals surface area contributed by atoms with E-state index >= 15 is 0 Å². The van der Waals surface area contributed by atoms with E-state index in [-0.39, 0.29) is 42.7 Å². The van der Waals surface area contributed by atoms with Crippen LogP contribution < -0.4 is 4.74 Å². The number of phenolic OH excluding ortho intramolecular Hbond substituents is 4. The molecule has 1 aliphatic rings. The smallest absolute Gasteiger partial charge is 0.240 e. The fourth-order valence-electron chi connectivity index (χ4n) is 2.83. The molecule has 29 heavy (non-hydrogen) atoms. The summed E-state index contributed by atoms with van der Waals surface area (Å²) in [6, 6.07) is 2.61. The Labute approximate surface area is 206 Å². The highest BCUT2D eigenvalue weighted by Crippen LogP contribution is 2.61. The van der Waals surface area contributed by atoms with Crippen LogP contribution >= 0.6 is 79.6 Å². The summed E-state index contributed by atoms with van der Waals surface area (Å²) in [5.74, 6) is -2.63. The third-order valence-corrected chi connectivity index (χ3v) is 9.17. The van der Waals surface area contributed by atoms with Gasteiger partial charge in [0.2, 0.25) is 14.8 Å². The Bertz CT molecular complexity index is 1020. The maximum absolute atomic E-state index is 13.5. The zero-order chi connectivity index (χ0) is 21.9. The topological polar surface area (TPSA) is 116 Å². The summed E-state index contributed by atoms with van der Waals surface area (Å²) in [5.41, 5.74) is -0.0400. The van der Waals surface area contributed by atoms with Crippen LogP contribution in [0.3, 0.4) is 0 Å². The number of benzene rings is 2. The van der Waals surface area contributed by atoms with Crippen molar-refractivity contribution in [2.75, 3.05) is 6.61 Å². The van der Waals surface area contributed by atoms with Crippen LogP contribution in [0.4, 0.5) is 0 Å². The van der Waals surface area contributed by atoms with Crippen LogP contribution in [-0.2, 0) is 9.25 Å². The van der Waals surface area contributed by atoms with Crippen molar-refractivity contribution in [1.29, 1.82) is 0 Å². The molecule has 4 N–H and O–H groups in total. The van der Waals surface area contributed by atoms with Crippen molar-refractivity contribution >= 4 is 85.4 Å². The lowest BCUT2D eigenvalue weighted by atomic mass is 9.92. The first-order valence-electron chi connectivity index (χ1n) is 7.81. The van der Waals surface area contributed by atoms with Gasteiger partial charge in [0.1, 0.15) is 20.3 Å². The molecule has 1 aliphatic heterocycles. The van der Waals surface area contributed by atoms with Crippen molar-refractivity contribution in [3.63, 3.8) is 0 Å². The molecule has 3 rings (SSSR count). The number of hydrogen-bond acceptors (Lipinski definition) is 7. The Morgan fingerprint density at radius 1 is 1.00 bits per heavy atom. The van der Waals surface area contributed by atoms with Gasteiger partial charge in [0.15, 0.2) is 23.0 Å². The van der Waals surface area contributed by atoms with E-state index in [2.05, 4.69) is 79.6 Å². The number of ether oxygens (including phenoxy) is 2. The Hall–Kier alpha value is -0.530. The first-order chi connectivity index (χ1) is 13.4. The summed E-state index contributed by atoms with van der Waals surface area (Å²) < 4.78 is 8.17. The van der Waals surface area contributed by atoms with Gasteiger partial charge in [0.05, 0.1) is 4.47 Å². The standard InChI is InChI=1S/C17H11Br5O7/c1-2-28-17(22)15(27)8-12(25)9(19)13(26)10(20)14(8)29-16(17,21)5-3-6(18)11(24)7(23)4-5/h3-4,23-26H,2H2,1H3. The quantitative estimate of drug-likeness (QED) is 0.235. The number of phenols is 4. The number of hydrogen-bond donors (Lipinski definition) is 4. The molecule has 2 atom stereocenters. The molecular formula is C17H11Br5O7. The number of fused-ring (bicyclic) bond motifs is 1. The third kappa shape index (κ3) is 3.30. The van der Waals surface area contributed by atoms with Crippen LogP contribution in [-0.4, -0.2) is 37.3 Å². The van der Waals surface area contributed by atoms with Gasteiger partial charge in [-0.3, -0.25) is 4.79 Å². The van der Waals surface area contributed by atoms with Crippen molar-refractivity contribution in [2.45, 2.75) is 15.9 Å². The van der Waals surface area contributed by atoms with Crippen molar-refractivity contribution in [1.82, 2.24) is 0 Å². The number of aromatic hydroxyl groups is 4. The van der Waals surface area contributed by atoms with Crippen LogP contribution in [0.5, 0.6) is 28.7 Å². The zero-order valence-electron chi connectivity index (χ0n) is 14.3. The summed E-state index contributed by atoms with van der Waals surface area (Å²) in [6.45, 7) is 1.74. The Balaban J connectivity index is 2.38. The minimum atomic E-state index is -1.89. The van der Waals surface area contributed by atoms with E-state index < -0.39 is 32.1 Å². The first-order valence-corrected chi connectivity index (χ1v) is 11.8. The summed E-state index contributed by atoms with van der Waals surface area (Å²) in [7, 11) is 0. The molecule has 0 bridgehead atoms. The molecule has 0 saturated carbocycles. The van der Waals surface area contributed by atoms with Gasteiger partial charge >= 0.3 is 0 Å². The van der Waals surface area contributed by atoms with Gasteiger partial charge in [0, 0.05) is 12.2 Å². The molecule has 2 unspecified atom stereocenters. The molecule has 156 valence electrons. The monoisotopic (exact) mass is 722 g/mol. The second-order valence-corrected chi connectivity index (χ2v) is 10.6. The maximum atomic E-state index is 13.5. The van der Waals surface area contributed by atoms with Crippen LogP contribution in [0.1, 0.15) is 22.8 Å². The fraction of sp³-hybridized carbons (Fsp3) is 0.235. The third-order valence-electron chi connectivity index (χ3n) is 4.22. The summed E-state index contributed by atoms with van der Waals surface area (Å²) in [4.78, 5) is 13.5. The predicted molar refractivity (Wildman–Crippen MR) is 121 cm³/mol.